The van der Waals surface area contributed by atoms with Crippen LogP contribution in [-0.2, 0) is 24.2 Å². The van der Waals surface area contributed by atoms with Crippen molar-refractivity contribution in [3.05, 3.63) is 82.2 Å². The van der Waals surface area contributed by atoms with E-state index in [0.29, 0.717) is 25.1 Å². The van der Waals surface area contributed by atoms with Crippen molar-refractivity contribution < 1.29 is 14.0 Å². The number of hydrogen-bond donors (Lipinski definition) is 1. The summed E-state index contributed by atoms with van der Waals surface area (Å²) in [5, 5.41) is 0. The first-order chi connectivity index (χ1) is 15.5. The number of benzene rings is 3. The minimum absolute atomic E-state index is 0.199. The molecule has 0 spiro atoms. The third kappa shape index (κ3) is 3.16. The maximum absolute atomic E-state index is 15.5. The molecular formula is C27H21FN2O2. The number of nitrogens with two attached hydrogens (primary N) is 1. The molecule has 158 valence electrons. The van der Waals surface area contributed by atoms with E-state index < -0.39 is 11.7 Å². The molecule has 0 saturated carbocycles. The molecule has 5 heteroatoms. The van der Waals surface area contributed by atoms with Gasteiger partial charge in [-0.15, -0.1) is 0 Å². The summed E-state index contributed by atoms with van der Waals surface area (Å²) in [5.41, 5.74) is 12.6. The van der Waals surface area contributed by atoms with Gasteiger partial charge in [-0.05, 0) is 76.8 Å². The Balaban J connectivity index is 1.67. The highest BCUT2D eigenvalue weighted by atomic mass is 19.1. The fourth-order valence-electron chi connectivity index (χ4n) is 4.85. The number of fused-ring (bicyclic) bond motifs is 4. The second-order valence-corrected chi connectivity index (χ2v) is 8.17. The lowest BCUT2D eigenvalue weighted by molar-refractivity contribution is -0.125. The normalized spacial score (nSPS) is 13.5. The van der Waals surface area contributed by atoms with Crippen LogP contribution in [0.5, 0.6) is 0 Å². The van der Waals surface area contributed by atoms with Gasteiger partial charge in [0.25, 0.3) is 5.91 Å². The molecule has 0 fully saturated rings. The number of hydrogen-bond acceptors (Lipinski definition) is 2. The fraction of sp³-hybridized carbons (Fsp3) is 0.185. The summed E-state index contributed by atoms with van der Waals surface area (Å²) in [6.45, 7) is 2.70. The zero-order valence-electron chi connectivity index (χ0n) is 17.7. The van der Waals surface area contributed by atoms with Gasteiger partial charge in [0.05, 0.1) is 0 Å². The third-order valence-corrected chi connectivity index (χ3v) is 6.33. The van der Waals surface area contributed by atoms with Crippen molar-refractivity contribution in [1.29, 1.82) is 0 Å². The highest BCUT2D eigenvalue weighted by Crippen LogP contribution is 2.46. The van der Waals surface area contributed by atoms with Crippen molar-refractivity contribution in [1.82, 2.24) is 4.90 Å². The van der Waals surface area contributed by atoms with Gasteiger partial charge in [0.15, 0.2) is 0 Å². The van der Waals surface area contributed by atoms with E-state index in [1.165, 1.54) is 6.07 Å². The van der Waals surface area contributed by atoms with E-state index in [0.717, 1.165) is 45.4 Å². The first-order valence-electron chi connectivity index (χ1n) is 10.5. The number of primary amides is 1. The summed E-state index contributed by atoms with van der Waals surface area (Å²) < 4.78 is 15.5. The molecule has 0 unspecified atom stereocenters. The summed E-state index contributed by atoms with van der Waals surface area (Å²) in [6, 6.07) is 14.9. The Morgan fingerprint density at radius 1 is 1.03 bits per heavy atom. The van der Waals surface area contributed by atoms with Crippen LogP contribution in [0.25, 0.3) is 22.3 Å². The van der Waals surface area contributed by atoms with Crippen molar-refractivity contribution in [2.45, 2.75) is 26.3 Å². The summed E-state index contributed by atoms with van der Waals surface area (Å²) in [5.74, 6) is 3.95. The van der Waals surface area contributed by atoms with E-state index in [9.17, 15) is 9.59 Å². The van der Waals surface area contributed by atoms with Crippen LogP contribution in [0.4, 0.5) is 4.39 Å². The van der Waals surface area contributed by atoms with E-state index in [1.807, 2.05) is 42.5 Å². The standard InChI is InChI=1S/C27H21FN2O2/c1-2-5-24(31)30-11-10-16-8-9-18(12-19(16)15-30)25-23(28)14-22(27(29)32)21-13-17-6-3-4-7-20(17)26(21)25/h3-4,6-9,12,14H,10-11,13,15H2,1H3,(H2,29,32). The Labute approximate surface area is 185 Å². The monoisotopic (exact) mass is 424 g/mol. The van der Waals surface area contributed by atoms with Crippen LogP contribution in [0.2, 0.25) is 0 Å². The fourth-order valence-corrected chi connectivity index (χ4v) is 4.85. The number of halogens is 1. The van der Waals surface area contributed by atoms with Gasteiger partial charge in [-0.3, -0.25) is 9.59 Å². The lowest BCUT2D eigenvalue weighted by Gasteiger charge is -2.28. The zero-order valence-corrected chi connectivity index (χ0v) is 17.7. The lowest BCUT2D eigenvalue weighted by atomic mass is 9.88. The van der Waals surface area contributed by atoms with Gasteiger partial charge in [0, 0.05) is 24.2 Å². The second kappa shape index (κ2) is 7.65. The molecule has 2 N–H and O–H groups in total. The molecule has 0 radical (unpaired) electrons. The Morgan fingerprint density at radius 3 is 2.62 bits per heavy atom. The number of nitrogens with zero attached hydrogens (tertiary/aromatic N) is 1. The van der Waals surface area contributed by atoms with Crippen molar-refractivity contribution in [2.75, 3.05) is 6.54 Å². The van der Waals surface area contributed by atoms with Crippen LogP contribution in [0.1, 0.15) is 39.5 Å². The van der Waals surface area contributed by atoms with Gasteiger partial charge >= 0.3 is 0 Å². The molecule has 0 saturated heterocycles. The minimum Gasteiger partial charge on any atom is -0.366 e. The Morgan fingerprint density at radius 2 is 1.84 bits per heavy atom. The third-order valence-electron chi connectivity index (χ3n) is 6.33. The van der Waals surface area contributed by atoms with Gasteiger partial charge in [0.2, 0.25) is 5.91 Å². The van der Waals surface area contributed by atoms with E-state index in [4.69, 9.17) is 5.73 Å². The Kier molecular flexibility index (Phi) is 4.79. The van der Waals surface area contributed by atoms with Crippen molar-refractivity contribution in [2.24, 2.45) is 5.73 Å². The quantitative estimate of drug-likeness (QED) is 0.493. The molecule has 4 nitrogen and oxygen atoms in total. The molecule has 5 rings (SSSR count). The number of carbonyl (C=O) groups excluding carboxylic acids is 2. The number of amides is 2. The SMILES string of the molecule is CC#CC(=O)N1CCc2ccc(-c3c(F)cc(C(N)=O)c4c3-c3ccccc3C4)cc2C1. The predicted octanol–water partition coefficient (Wildman–Crippen LogP) is 4.07. The van der Waals surface area contributed by atoms with Crippen LogP contribution in [0, 0.1) is 17.7 Å². The summed E-state index contributed by atoms with van der Waals surface area (Å²) in [4.78, 5) is 26.0. The lowest BCUT2D eigenvalue weighted by Crippen LogP contribution is -2.35. The maximum Gasteiger partial charge on any atom is 0.298 e. The van der Waals surface area contributed by atoms with Crippen LogP contribution in [-0.4, -0.2) is 23.3 Å². The van der Waals surface area contributed by atoms with Crippen molar-refractivity contribution >= 4 is 11.8 Å². The van der Waals surface area contributed by atoms with Gasteiger partial charge in [0.1, 0.15) is 5.82 Å². The first-order valence-corrected chi connectivity index (χ1v) is 10.5. The Bertz CT molecular complexity index is 1360. The van der Waals surface area contributed by atoms with E-state index in [2.05, 4.69) is 11.8 Å². The summed E-state index contributed by atoms with van der Waals surface area (Å²) >= 11 is 0. The number of carbonyl (C=O) groups is 2. The molecule has 0 aromatic heterocycles. The van der Waals surface area contributed by atoms with E-state index >= 15 is 4.39 Å². The van der Waals surface area contributed by atoms with E-state index in [1.54, 1.807) is 11.8 Å². The average molecular weight is 424 g/mol. The summed E-state index contributed by atoms with van der Waals surface area (Å²) in [6.07, 6.45) is 1.27. The van der Waals surface area contributed by atoms with Gasteiger partial charge in [-0.25, -0.2) is 4.39 Å². The zero-order chi connectivity index (χ0) is 22.4. The molecule has 0 bridgehead atoms. The molecule has 0 atom stereocenters. The predicted molar refractivity (Wildman–Crippen MR) is 121 cm³/mol. The largest absolute Gasteiger partial charge is 0.366 e. The molecule has 2 aliphatic rings. The topological polar surface area (TPSA) is 63.4 Å². The van der Waals surface area contributed by atoms with Crippen LogP contribution >= 0.6 is 0 Å². The Hall–Kier alpha value is -3.91. The maximum atomic E-state index is 15.5. The average Bonchev–Trinajstić information content (AvgIpc) is 3.17. The number of rotatable bonds is 2. The highest BCUT2D eigenvalue weighted by Gasteiger charge is 2.29. The molecule has 2 amide bonds. The van der Waals surface area contributed by atoms with Gasteiger partial charge in [-0.2, -0.15) is 0 Å². The van der Waals surface area contributed by atoms with Crippen LogP contribution < -0.4 is 5.73 Å². The van der Waals surface area contributed by atoms with E-state index in [-0.39, 0.29) is 11.5 Å². The first kappa shape index (κ1) is 20.0. The van der Waals surface area contributed by atoms with Crippen LogP contribution in [0.15, 0.2) is 48.5 Å². The molecule has 1 aliphatic heterocycles. The second-order valence-electron chi connectivity index (χ2n) is 8.17. The van der Waals surface area contributed by atoms with Crippen LogP contribution in [0.3, 0.4) is 0 Å². The smallest absolute Gasteiger partial charge is 0.298 e. The van der Waals surface area contributed by atoms with Crippen molar-refractivity contribution in [3.63, 3.8) is 0 Å². The highest BCUT2D eigenvalue weighted by molar-refractivity contribution is 6.02. The molecule has 32 heavy (non-hydrogen) atoms. The summed E-state index contributed by atoms with van der Waals surface area (Å²) in [7, 11) is 0. The van der Waals surface area contributed by atoms with Gasteiger partial charge in [-0.1, -0.05) is 42.3 Å². The molecule has 3 aromatic rings. The molecular weight excluding hydrogens is 403 g/mol. The molecule has 3 aromatic carbocycles. The van der Waals surface area contributed by atoms with Gasteiger partial charge < -0.3 is 10.6 Å². The van der Waals surface area contributed by atoms with Crippen molar-refractivity contribution in [3.8, 4) is 34.1 Å². The molecule has 1 aliphatic carbocycles. The minimum atomic E-state index is -0.629. The molecule has 1 heterocycles.